The van der Waals surface area contributed by atoms with Gasteiger partial charge in [0.2, 0.25) is 0 Å². The molecule has 0 unspecified atom stereocenters. The van der Waals surface area contributed by atoms with Gasteiger partial charge in [-0.3, -0.25) is 4.79 Å². The van der Waals surface area contributed by atoms with Crippen molar-refractivity contribution in [3.05, 3.63) is 11.6 Å². The molecule has 0 bridgehead atoms. The van der Waals surface area contributed by atoms with Crippen LogP contribution in [-0.2, 0) is 4.79 Å². The maximum Gasteiger partial charge on any atom is 0.156 e. The Morgan fingerprint density at radius 3 is 2.33 bits per heavy atom. The van der Waals surface area contributed by atoms with Crippen LogP contribution >= 0.6 is 0 Å². The first-order valence-corrected chi connectivity index (χ1v) is 5.58. The summed E-state index contributed by atoms with van der Waals surface area (Å²) >= 11 is 0. The smallest absolute Gasteiger partial charge is 0.156 e. The van der Waals surface area contributed by atoms with Gasteiger partial charge in [0.05, 0.1) is 0 Å². The maximum atomic E-state index is 11.4. The van der Waals surface area contributed by atoms with Crippen molar-refractivity contribution in [1.29, 1.82) is 0 Å². The van der Waals surface area contributed by atoms with Crippen LogP contribution in [0.5, 0.6) is 0 Å². The van der Waals surface area contributed by atoms with Gasteiger partial charge in [0.25, 0.3) is 0 Å². The number of hydrogen-bond donors (Lipinski definition) is 0. The number of rotatable bonds is 4. The van der Waals surface area contributed by atoms with E-state index in [4.69, 9.17) is 0 Å². The van der Waals surface area contributed by atoms with Crippen molar-refractivity contribution >= 4 is 5.78 Å². The first-order chi connectivity index (χ1) is 6.68. The van der Waals surface area contributed by atoms with E-state index in [-0.39, 0.29) is 18.2 Å². The van der Waals surface area contributed by atoms with Gasteiger partial charge in [0, 0.05) is 13.0 Å². The summed E-state index contributed by atoms with van der Waals surface area (Å²) in [4.78, 5) is 13.8. The number of likely N-dealkylation sites (tertiary alicyclic amines) is 1. The molecule has 15 heavy (non-hydrogen) atoms. The molecule has 0 saturated carbocycles. The molecule has 0 aromatic rings. The second kappa shape index (κ2) is 7.89. The number of carbonyl (C=O) groups excluding carboxylic acids is 1. The van der Waals surface area contributed by atoms with Gasteiger partial charge in [0.15, 0.2) is 5.78 Å². The summed E-state index contributed by atoms with van der Waals surface area (Å²) in [7, 11) is 0. The van der Waals surface area contributed by atoms with Crippen LogP contribution in [0.1, 0.15) is 39.5 Å². The molecule has 88 valence electrons. The lowest BCUT2D eigenvalue weighted by atomic mass is 10.1. The van der Waals surface area contributed by atoms with Crippen LogP contribution in [0.2, 0.25) is 0 Å². The fourth-order valence-electron chi connectivity index (χ4n) is 1.85. The Morgan fingerprint density at radius 1 is 1.20 bits per heavy atom. The number of piperidine rings is 1. The standard InChI is InChI=1S/C12H21NO.ClH/c1-11(2)10-12(14)6-9-13-7-4-3-5-8-13;/h10H,3-9H2,1-2H3;1H/p-1. The predicted molar refractivity (Wildman–Crippen MR) is 59.3 cm³/mol. The zero-order valence-electron chi connectivity index (χ0n) is 9.76. The van der Waals surface area contributed by atoms with Crippen LogP contribution in [0.15, 0.2) is 11.6 Å². The molecule has 0 amide bonds. The van der Waals surface area contributed by atoms with E-state index in [1.54, 1.807) is 6.08 Å². The van der Waals surface area contributed by atoms with Gasteiger partial charge in [0.1, 0.15) is 0 Å². The van der Waals surface area contributed by atoms with E-state index in [1.807, 2.05) is 13.8 Å². The zero-order chi connectivity index (χ0) is 10.4. The Morgan fingerprint density at radius 2 is 1.80 bits per heavy atom. The van der Waals surface area contributed by atoms with Crippen LogP contribution in [0.25, 0.3) is 0 Å². The summed E-state index contributed by atoms with van der Waals surface area (Å²) in [5.41, 5.74) is 1.11. The molecule has 3 heteroatoms. The van der Waals surface area contributed by atoms with Crippen molar-refractivity contribution in [3.63, 3.8) is 0 Å². The van der Waals surface area contributed by atoms with E-state index in [2.05, 4.69) is 4.90 Å². The Bertz CT molecular complexity index is 216. The molecular weight excluding hydrogens is 210 g/mol. The molecule has 1 aliphatic heterocycles. The number of ketones is 1. The first-order valence-electron chi connectivity index (χ1n) is 5.58. The van der Waals surface area contributed by atoms with Crippen molar-refractivity contribution < 1.29 is 17.2 Å². The molecule has 1 aliphatic rings. The molecule has 0 atom stereocenters. The largest absolute Gasteiger partial charge is 1.00 e. The highest BCUT2D eigenvalue weighted by Gasteiger charge is 2.10. The summed E-state index contributed by atoms with van der Waals surface area (Å²) in [5.74, 6) is 0.274. The highest BCUT2D eigenvalue weighted by Crippen LogP contribution is 2.09. The van der Waals surface area contributed by atoms with Crippen LogP contribution in [-0.4, -0.2) is 30.3 Å². The third-order valence-electron chi connectivity index (χ3n) is 2.57. The Hall–Kier alpha value is -0.340. The van der Waals surface area contributed by atoms with E-state index in [0.29, 0.717) is 6.42 Å². The summed E-state index contributed by atoms with van der Waals surface area (Å²) in [6, 6.07) is 0. The third-order valence-corrected chi connectivity index (χ3v) is 2.57. The molecule has 2 nitrogen and oxygen atoms in total. The normalized spacial score (nSPS) is 16.7. The second-order valence-corrected chi connectivity index (χ2v) is 4.34. The van der Waals surface area contributed by atoms with Crippen LogP contribution in [0.4, 0.5) is 0 Å². The van der Waals surface area contributed by atoms with E-state index < -0.39 is 0 Å². The Balaban J connectivity index is 0.00000196. The molecule has 1 rings (SSSR count). The van der Waals surface area contributed by atoms with Crippen molar-refractivity contribution in [2.24, 2.45) is 0 Å². The van der Waals surface area contributed by atoms with Crippen molar-refractivity contribution in [3.8, 4) is 0 Å². The van der Waals surface area contributed by atoms with Gasteiger partial charge in [-0.15, -0.1) is 0 Å². The lowest BCUT2D eigenvalue weighted by Crippen LogP contribution is -3.00. The van der Waals surface area contributed by atoms with Crippen molar-refractivity contribution in [2.75, 3.05) is 19.6 Å². The summed E-state index contributed by atoms with van der Waals surface area (Å²) in [5, 5.41) is 0. The molecule has 0 radical (unpaired) electrons. The van der Waals surface area contributed by atoms with E-state index in [0.717, 1.165) is 12.1 Å². The molecule has 1 fully saturated rings. The minimum absolute atomic E-state index is 0. The molecule has 1 heterocycles. The first kappa shape index (κ1) is 14.7. The van der Waals surface area contributed by atoms with Crippen LogP contribution in [0, 0.1) is 0 Å². The van der Waals surface area contributed by atoms with E-state index >= 15 is 0 Å². The van der Waals surface area contributed by atoms with Gasteiger partial charge >= 0.3 is 0 Å². The Labute approximate surface area is 99.1 Å². The van der Waals surface area contributed by atoms with Crippen molar-refractivity contribution in [2.45, 2.75) is 39.5 Å². The Kier molecular flexibility index (Phi) is 7.71. The fourth-order valence-corrected chi connectivity index (χ4v) is 1.85. The SMILES string of the molecule is CC(C)=CC(=O)CCN1CCCCC1.[Cl-]. The van der Waals surface area contributed by atoms with Crippen molar-refractivity contribution in [1.82, 2.24) is 4.90 Å². The monoisotopic (exact) mass is 230 g/mol. The molecule has 0 aromatic heterocycles. The van der Waals surface area contributed by atoms with Gasteiger partial charge in [-0.05, 0) is 45.9 Å². The highest BCUT2D eigenvalue weighted by molar-refractivity contribution is 5.90. The minimum Gasteiger partial charge on any atom is -1.00 e. The molecule has 0 spiro atoms. The molecular formula is C12H21ClNO-. The fraction of sp³-hybridized carbons (Fsp3) is 0.750. The second-order valence-electron chi connectivity index (χ2n) is 4.34. The average molecular weight is 231 g/mol. The molecule has 1 saturated heterocycles. The molecule has 0 aliphatic carbocycles. The van der Waals surface area contributed by atoms with Crippen LogP contribution < -0.4 is 12.4 Å². The molecule has 0 aromatic carbocycles. The topological polar surface area (TPSA) is 20.3 Å². The summed E-state index contributed by atoms with van der Waals surface area (Å²) in [6.45, 7) is 7.25. The number of allylic oxidation sites excluding steroid dienone is 2. The van der Waals surface area contributed by atoms with Crippen LogP contribution in [0.3, 0.4) is 0 Å². The van der Waals surface area contributed by atoms with Gasteiger partial charge in [-0.2, -0.15) is 0 Å². The zero-order valence-corrected chi connectivity index (χ0v) is 10.5. The van der Waals surface area contributed by atoms with Gasteiger partial charge in [-0.1, -0.05) is 12.0 Å². The van der Waals surface area contributed by atoms with E-state index in [1.165, 1.54) is 32.4 Å². The minimum atomic E-state index is 0. The van der Waals surface area contributed by atoms with E-state index in [9.17, 15) is 4.79 Å². The number of halogens is 1. The maximum absolute atomic E-state index is 11.4. The highest BCUT2D eigenvalue weighted by atomic mass is 35.5. The lowest BCUT2D eigenvalue weighted by molar-refractivity contribution is -0.115. The number of nitrogens with zero attached hydrogens (tertiary/aromatic N) is 1. The quantitative estimate of drug-likeness (QED) is 0.602. The lowest BCUT2D eigenvalue weighted by Gasteiger charge is -2.25. The van der Waals surface area contributed by atoms with Gasteiger partial charge in [-0.25, -0.2) is 0 Å². The van der Waals surface area contributed by atoms with Gasteiger partial charge < -0.3 is 17.3 Å². The number of hydrogen-bond acceptors (Lipinski definition) is 2. The number of carbonyl (C=O) groups is 1. The third kappa shape index (κ3) is 6.69. The average Bonchev–Trinajstić information content (AvgIpc) is 2.15. The summed E-state index contributed by atoms with van der Waals surface area (Å²) in [6.07, 6.45) is 6.40. The summed E-state index contributed by atoms with van der Waals surface area (Å²) < 4.78 is 0. The molecule has 0 N–H and O–H groups in total. The predicted octanol–water partition coefficient (Wildman–Crippen LogP) is -0.598.